The van der Waals surface area contributed by atoms with Gasteiger partial charge in [0.05, 0.1) is 13.7 Å². The fourth-order valence-corrected chi connectivity index (χ4v) is 2.95. The van der Waals surface area contributed by atoms with E-state index in [2.05, 4.69) is 10.3 Å². The Bertz CT molecular complexity index is 1020. The average Bonchev–Trinajstić information content (AvgIpc) is 2.84. The molecule has 0 aliphatic carbocycles. The summed E-state index contributed by atoms with van der Waals surface area (Å²) in [6.45, 7) is 2.76. The topological polar surface area (TPSA) is 122 Å². The molecule has 0 fully saturated rings. The summed E-state index contributed by atoms with van der Waals surface area (Å²) < 4.78 is 53.5. The number of nitrogens with one attached hydrogen (secondary N) is 1. The lowest BCUT2D eigenvalue weighted by molar-refractivity contribution is -0.147. The lowest BCUT2D eigenvalue weighted by Crippen LogP contribution is -2.53. The second kappa shape index (κ2) is 13.3. The molecule has 0 saturated carbocycles. The van der Waals surface area contributed by atoms with E-state index >= 15 is 0 Å². The highest BCUT2D eigenvalue weighted by Gasteiger charge is 2.35. The zero-order valence-electron chi connectivity index (χ0n) is 20.2. The SMILES string of the molecule is COc1ccnc(C(=O)N[C@](C)(C=O)CO[C@H](C(F)F)[C@H](C)Oc2ccccc2)c1OCOC(C)=O. The summed E-state index contributed by atoms with van der Waals surface area (Å²) in [5.41, 5.74) is -2.00. The third kappa shape index (κ3) is 8.15. The molecular formula is C24H28F2N2O8. The van der Waals surface area contributed by atoms with Crippen molar-refractivity contribution in [3.63, 3.8) is 0 Å². The molecule has 0 bridgehead atoms. The van der Waals surface area contributed by atoms with E-state index in [1.54, 1.807) is 30.3 Å². The van der Waals surface area contributed by atoms with Crippen LogP contribution in [0.4, 0.5) is 8.78 Å². The molecule has 1 aromatic heterocycles. The Morgan fingerprint density at radius 2 is 1.89 bits per heavy atom. The van der Waals surface area contributed by atoms with Crippen LogP contribution in [0.2, 0.25) is 0 Å². The number of alkyl halides is 2. The van der Waals surface area contributed by atoms with Crippen LogP contribution in [-0.4, -0.2) is 67.8 Å². The lowest BCUT2D eigenvalue weighted by Gasteiger charge is -2.30. The molecule has 0 saturated heterocycles. The van der Waals surface area contributed by atoms with Gasteiger partial charge in [-0.3, -0.25) is 9.59 Å². The number of halogens is 2. The van der Waals surface area contributed by atoms with Crippen LogP contribution in [0.3, 0.4) is 0 Å². The molecule has 0 radical (unpaired) electrons. The van der Waals surface area contributed by atoms with E-state index in [1.165, 1.54) is 40.1 Å². The van der Waals surface area contributed by atoms with Crippen LogP contribution < -0.4 is 19.5 Å². The van der Waals surface area contributed by atoms with Gasteiger partial charge in [0.15, 0.2) is 23.3 Å². The number of aromatic nitrogens is 1. The third-order valence-corrected chi connectivity index (χ3v) is 4.78. The molecule has 1 N–H and O–H groups in total. The number of hydrogen-bond acceptors (Lipinski definition) is 9. The number of pyridine rings is 1. The van der Waals surface area contributed by atoms with Crippen molar-refractivity contribution in [1.82, 2.24) is 10.3 Å². The van der Waals surface area contributed by atoms with Crippen molar-refractivity contribution in [3.8, 4) is 17.2 Å². The van der Waals surface area contributed by atoms with Crippen molar-refractivity contribution >= 4 is 18.2 Å². The Hall–Kier alpha value is -3.80. The van der Waals surface area contributed by atoms with Crippen LogP contribution >= 0.6 is 0 Å². The highest BCUT2D eigenvalue weighted by molar-refractivity contribution is 5.97. The predicted molar refractivity (Wildman–Crippen MR) is 122 cm³/mol. The number of benzene rings is 1. The molecule has 2 aromatic rings. The van der Waals surface area contributed by atoms with Crippen LogP contribution in [0.25, 0.3) is 0 Å². The van der Waals surface area contributed by atoms with Crippen LogP contribution in [0.1, 0.15) is 31.3 Å². The number of ether oxygens (including phenoxy) is 5. The first-order chi connectivity index (χ1) is 17.1. The van der Waals surface area contributed by atoms with E-state index < -0.39 is 49.4 Å². The summed E-state index contributed by atoms with van der Waals surface area (Å²) in [5.74, 6) is -1.17. The van der Waals surface area contributed by atoms with E-state index in [9.17, 15) is 23.2 Å². The van der Waals surface area contributed by atoms with Crippen LogP contribution in [-0.2, 0) is 19.1 Å². The Morgan fingerprint density at radius 1 is 1.19 bits per heavy atom. The summed E-state index contributed by atoms with van der Waals surface area (Å²) in [6.07, 6.45) is -4.08. The van der Waals surface area contributed by atoms with Gasteiger partial charge in [-0.2, -0.15) is 0 Å². The average molecular weight is 510 g/mol. The molecule has 10 nitrogen and oxygen atoms in total. The van der Waals surface area contributed by atoms with Crippen molar-refractivity contribution in [1.29, 1.82) is 0 Å². The van der Waals surface area contributed by atoms with Gasteiger partial charge in [0.25, 0.3) is 12.3 Å². The molecule has 36 heavy (non-hydrogen) atoms. The Balaban J connectivity index is 2.14. The predicted octanol–water partition coefficient (Wildman–Crippen LogP) is 2.79. The molecule has 0 aliphatic rings. The lowest BCUT2D eigenvalue weighted by atomic mass is 10.1. The highest BCUT2D eigenvalue weighted by atomic mass is 19.3. The normalized spacial score (nSPS) is 14.2. The first-order valence-electron chi connectivity index (χ1n) is 10.8. The van der Waals surface area contributed by atoms with Gasteiger partial charge in [-0.15, -0.1) is 0 Å². The second-order valence-electron chi connectivity index (χ2n) is 7.82. The largest absolute Gasteiger partial charge is 0.493 e. The molecule has 2 rings (SSSR count). The molecule has 1 amide bonds. The molecule has 1 heterocycles. The minimum Gasteiger partial charge on any atom is -0.493 e. The number of amides is 1. The van der Waals surface area contributed by atoms with Gasteiger partial charge in [-0.05, 0) is 26.0 Å². The van der Waals surface area contributed by atoms with E-state index in [-0.39, 0.29) is 17.2 Å². The van der Waals surface area contributed by atoms with E-state index in [0.29, 0.717) is 12.0 Å². The first kappa shape index (κ1) is 28.4. The number of nitrogens with zero attached hydrogens (tertiary/aromatic N) is 1. The third-order valence-electron chi connectivity index (χ3n) is 4.78. The van der Waals surface area contributed by atoms with E-state index in [0.717, 1.165) is 0 Å². The van der Waals surface area contributed by atoms with Crippen LogP contribution in [0.15, 0.2) is 42.6 Å². The molecule has 196 valence electrons. The van der Waals surface area contributed by atoms with Gasteiger partial charge in [0.2, 0.25) is 6.79 Å². The number of carbonyl (C=O) groups is 3. The van der Waals surface area contributed by atoms with Gasteiger partial charge < -0.3 is 33.8 Å². The standard InChI is InChI=1S/C24H28F2N2O8/c1-15(36-17-8-6-5-7-9-17)20(22(25)26)33-13-24(3,12-29)28-23(31)19-21(35-14-34-16(2)30)18(32-4)10-11-27-19/h5-12,15,20,22H,13-14H2,1-4H3,(H,28,31)/t15-,20-,24+/m0/s1. The second-order valence-corrected chi connectivity index (χ2v) is 7.82. The van der Waals surface area contributed by atoms with Crippen LogP contribution in [0, 0.1) is 0 Å². The monoisotopic (exact) mass is 510 g/mol. The molecule has 0 aliphatic heterocycles. The van der Waals surface area contributed by atoms with Gasteiger partial charge in [-0.25, -0.2) is 13.8 Å². The number of methoxy groups -OCH3 is 1. The quantitative estimate of drug-likeness (QED) is 0.232. The molecule has 0 spiro atoms. The minimum atomic E-state index is -2.93. The maximum atomic E-state index is 13.7. The summed E-state index contributed by atoms with van der Waals surface area (Å²) in [4.78, 5) is 39.8. The number of aldehydes is 1. The van der Waals surface area contributed by atoms with Crippen molar-refractivity contribution in [2.24, 2.45) is 0 Å². The molecule has 0 unspecified atom stereocenters. The van der Waals surface area contributed by atoms with Crippen molar-refractivity contribution in [2.45, 2.75) is 44.9 Å². The Kier molecular flexibility index (Phi) is 10.5. The fraction of sp³-hybridized carbons (Fsp3) is 0.417. The summed E-state index contributed by atoms with van der Waals surface area (Å²) in [5, 5.41) is 2.41. The number of rotatable bonds is 14. The van der Waals surface area contributed by atoms with Gasteiger partial charge in [0, 0.05) is 19.2 Å². The van der Waals surface area contributed by atoms with Crippen molar-refractivity contribution in [3.05, 3.63) is 48.3 Å². The maximum absolute atomic E-state index is 13.7. The van der Waals surface area contributed by atoms with Gasteiger partial charge >= 0.3 is 5.97 Å². The first-order valence-corrected chi connectivity index (χ1v) is 10.8. The zero-order chi connectivity index (χ0) is 26.7. The molecular weight excluding hydrogens is 482 g/mol. The number of para-hydroxylation sites is 1. The maximum Gasteiger partial charge on any atom is 0.305 e. The number of carbonyl (C=O) groups excluding carboxylic acids is 3. The van der Waals surface area contributed by atoms with E-state index in [1.807, 2.05) is 0 Å². The van der Waals surface area contributed by atoms with E-state index in [4.69, 9.17) is 23.7 Å². The number of esters is 1. The summed E-state index contributed by atoms with van der Waals surface area (Å²) in [6, 6.07) is 9.75. The van der Waals surface area contributed by atoms with Crippen LogP contribution in [0.5, 0.6) is 17.2 Å². The van der Waals surface area contributed by atoms with Crippen molar-refractivity contribution < 1.29 is 46.8 Å². The van der Waals surface area contributed by atoms with Gasteiger partial charge in [0.1, 0.15) is 23.7 Å². The minimum absolute atomic E-state index is 0.107. The molecule has 12 heteroatoms. The Morgan fingerprint density at radius 3 is 2.47 bits per heavy atom. The smallest absolute Gasteiger partial charge is 0.305 e. The molecule has 3 atom stereocenters. The zero-order valence-corrected chi connectivity index (χ0v) is 20.2. The highest BCUT2D eigenvalue weighted by Crippen LogP contribution is 2.30. The summed E-state index contributed by atoms with van der Waals surface area (Å²) >= 11 is 0. The Labute approximate surface area is 206 Å². The summed E-state index contributed by atoms with van der Waals surface area (Å²) in [7, 11) is 1.32. The molecule has 1 aromatic carbocycles. The van der Waals surface area contributed by atoms with Gasteiger partial charge in [-0.1, -0.05) is 18.2 Å². The number of hydrogen-bond donors (Lipinski definition) is 1. The fourth-order valence-electron chi connectivity index (χ4n) is 2.95. The van der Waals surface area contributed by atoms with Crippen molar-refractivity contribution in [2.75, 3.05) is 20.5 Å².